The zero-order chi connectivity index (χ0) is 22.9. The Bertz CT molecular complexity index is 1110. The first-order chi connectivity index (χ1) is 16.0. The number of likely N-dealkylation sites (N-methyl/N-ethyl adjacent to an activating group) is 1. The minimum Gasteiger partial charge on any atom is -0.454 e. The summed E-state index contributed by atoms with van der Waals surface area (Å²) in [6.07, 6.45) is 4.45. The zero-order valence-electron chi connectivity index (χ0n) is 18.5. The molecule has 172 valence electrons. The van der Waals surface area contributed by atoms with E-state index in [1.165, 1.54) is 9.91 Å². The van der Waals surface area contributed by atoms with Gasteiger partial charge in [-0.05, 0) is 36.6 Å². The molecule has 1 aliphatic carbocycles. The fraction of sp³-hybridized carbons (Fsp3) is 0.400. The standard InChI is InChI=1S/C25H26ClN3O4/c1-28(25(31)16-6-2-3-7-16)14-24(30)29-21(17-10-11-22-23(12-17)33-15-32-22)13-20(27-29)18-8-4-5-9-19(18)26/h4-5,8-12,16,21H,2-3,6-7,13-15H2,1H3/t21-/m1/s1. The summed E-state index contributed by atoms with van der Waals surface area (Å²) < 4.78 is 11.0. The van der Waals surface area contributed by atoms with Crippen LogP contribution >= 0.6 is 11.6 Å². The lowest BCUT2D eigenvalue weighted by Crippen LogP contribution is -2.41. The Morgan fingerprint density at radius 3 is 2.67 bits per heavy atom. The van der Waals surface area contributed by atoms with Gasteiger partial charge in [0.25, 0.3) is 5.91 Å². The van der Waals surface area contributed by atoms with Gasteiger partial charge in [-0.1, -0.05) is 48.7 Å². The molecule has 0 saturated heterocycles. The van der Waals surface area contributed by atoms with Gasteiger partial charge in [0.15, 0.2) is 11.5 Å². The number of hydrazone groups is 1. The van der Waals surface area contributed by atoms with Gasteiger partial charge in [0.2, 0.25) is 12.7 Å². The number of benzene rings is 2. The van der Waals surface area contributed by atoms with Gasteiger partial charge < -0.3 is 14.4 Å². The number of hydrogen-bond donors (Lipinski definition) is 0. The monoisotopic (exact) mass is 467 g/mol. The number of carbonyl (C=O) groups is 2. The molecule has 0 bridgehead atoms. The zero-order valence-corrected chi connectivity index (χ0v) is 19.3. The number of amides is 2. The van der Waals surface area contributed by atoms with E-state index in [9.17, 15) is 9.59 Å². The van der Waals surface area contributed by atoms with E-state index in [2.05, 4.69) is 5.10 Å². The Labute approximate surface area is 197 Å². The predicted molar refractivity (Wildman–Crippen MR) is 124 cm³/mol. The Kier molecular flexibility index (Phi) is 5.98. The average Bonchev–Trinajstić information content (AvgIpc) is 3.58. The highest BCUT2D eigenvalue weighted by Gasteiger charge is 2.36. The van der Waals surface area contributed by atoms with E-state index < -0.39 is 0 Å². The van der Waals surface area contributed by atoms with Gasteiger partial charge in [-0.2, -0.15) is 5.10 Å². The molecule has 1 saturated carbocycles. The second kappa shape index (κ2) is 9.06. The lowest BCUT2D eigenvalue weighted by atomic mass is 9.98. The molecular weight excluding hydrogens is 442 g/mol. The Balaban J connectivity index is 1.42. The molecule has 5 rings (SSSR count). The molecule has 2 aliphatic heterocycles. The van der Waals surface area contributed by atoms with Crippen LogP contribution in [0.1, 0.15) is 49.3 Å². The van der Waals surface area contributed by atoms with Gasteiger partial charge in [-0.3, -0.25) is 9.59 Å². The van der Waals surface area contributed by atoms with Crippen LogP contribution in [0.5, 0.6) is 11.5 Å². The van der Waals surface area contributed by atoms with Crippen molar-refractivity contribution in [3.8, 4) is 11.5 Å². The maximum Gasteiger partial charge on any atom is 0.262 e. The normalized spacial score (nSPS) is 19.6. The van der Waals surface area contributed by atoms with Crippen LogP contribution in [0.2, 0.25) is 5.02 Å². The molecule has 0 N–H and O–H groups in total. The predicted octanol–water partition coefficient (Wildman–Crippen LogP) is 4.40. The number of carbonyl (C=O) groups excluding carboxylic acids is 2. The average molecular weight is 468 g/mol. The summed E-state index contributed by atoms with van der Waals surface area (Å²) in [6.45, 7) is 0.164. The van der Waals surface area contributed by atoms with E-state index in [0.29, 0.717) is 22.9 Å². The maximum atomic E-state index is 13.4. The van der Waals surface area contributed by atoms with Crippen LogP contribution in [-0.4, -0.2) is 47.8 Å². The molecule has 33 heavy (non-hydrogen) atoms. The Hall–Kier alpha value is -3.06. The van der Waals surface area contributed by atoms with Crippen molar-refractivity contribution in [1.82, 2.24) is 9.91 Å². The minimum atomic E-state index is -0.326. The van der Waals surface area contributed by atoms with Crippen molar-refractivity contribution in [3.05, 3.63) is 58.6 Å². The van der Waals surface area contributed by atoms with Gasteiger partial charge in [0, 0.05) is 30.0 Å². The number of hydrogen-bond acceptors (Lipinski definition) is 5. The topological polar surface area (TPSA) is 71.4 Å². The highest BCUT2D eigenvalue weighted by atomic mass is 35.5. The summed E-state index contributed by atoms with van der Waals surface area (Å²) in [5, 5.41) is 6.77. The Morgan fingerprint density at radius 2 is 1.88 bits per heavy atom. The van der Waals surface area contributed by atoms with Crippen molar-refractivity contribution in [2.24, 2.45) is 11.0 Å². The number of ether oxygens (including phenoxy) is 2. The van der Waals surface area contributed by atoms with Gasteiger partial charge in [0.05, 0.1) is 11.8 Å². The molecule has 2 aromatic carbocycles. The summed E-state index contributed by atoms with van der Waals surface area (Å²) in [6, 6.07) is 12.8. The van der Waals surface area contributed by atoms with Crippen molar-refractivity contribution in [2.45, 2.75) is 38.1 Å². The minimum absolute atomic E-state index is 0.0182. The summed E-state index contributed by atoms with van der Waals surface area (Å²) in [5.41, 5.74) is 2.43. The number of nitrogens with zero attached hydrogens (tertiary/aromatic N) is 3. The van der Waals surface area contributed by atoms with Gasteiger partial charge >= 0.3 is 0 Å². The van der Waals surface area contributed by atoms with Crippen LogP contribution in [0.3, 0.4) is 0 Å². The maximum absolute atomic E-state index is 13.4. The summed E-state index contributed by atoms with van der Waals surface area (Å²) in [7, 11) is 1.70. The van der Waals surface area contributed by atoms with Crippen molar-refractivity contribution >= 4 is 29.1 Å². The third-order valence-corrected chi connectivity index (χ3v) is 6.91. The highest BCUT2D eigenvalue weighted by molar-refractivity contribution is 6.34. The molecule has 3 aliphatic rings. The fourth-order valence-electron chi connectivity index (χ4n) is 4.82. The lowest BCUT2D eigenvalue weighted by molar-refractivity contribution is -0.142. The summed E-state index contributed by atoms with van der Waals surface area (Å²) >= 11 is 6.43. The number of halogens is 1. The SMILES string of the molecule is CN(CC(=O)N1N=C(c2ccccc2Cl)C[C@@H]1c1ccc2c(c1)OCO2)C(=O)C1CCCC1. The molecule has 0 aromatic heterocycles. The highest BCUT2D eigenvalue weighted by Crippen LogP contribution is 2.40. The first-order valence-corrected chi connectivity index (χ1v) is 11.7. The van der Waals surface area contributed by atoms with E-state index in [0.717, 1.165) is 42.5 Å². The van der Waals surface area contributed by atoms with Crippen LogP contribution in [0.15, 0.2) is 47.6 Å². The summed E-state index contributed by atoms with van der Waals surface area (Å²) in [4.78, 5) is 27.7. The van der Waals surface area contributed by atoms with E-state index in [4.69, 9.17) is 21.1 Å². The first kappa shape index (κ1) is 21.8. The number of rotatable bonds is 5. The van der Waals surface area contributed by atoms with Crippen molar-refractivity contribution in [2.75, 3.05) is 20.4 Å². The van der Waals surface area contributed by atoms with Crippen LogP contribution < -0.4 is 9.47 Å². The fourth-order valence-corrected chi connectivity index (χ4v) is 5.06. The van der Waals surface area contributed by atoms with E-state index in [1.54, 1.807) is 7.05 Å². The smallest absolute Gasteiger partial charge is 0.262 e. The molecule has 0 spiro atoms. The van der Waals surface area contributed by atoms with Crippen molar-refractivity contribution < 1.29 is 19.1 Å². The quantitative estimate of drug-likeness (QED) is 0.653. The molecule has 7 nitrogen and oxygen atoms in total. The molecule has 2 heterocycles. The van der Waals surface area contributed by atoms with E-state index >= 15 is 0 Å². The molecule has 0 unspecified atom stereocenters. The molecule has 8 heteroatoms. The molecular formula is C25H26ClN3O4. The molecule has 1 atom stereocenters. The largest absolute Gasteiger partial charge is 0.454 e. The van der Waals surface area contributed by atoms with Crippen molar-refractivity contribution in [1.29, 1.82) is 0 Å². The van der Waals surface area contributed by atoms with Gasteiger partial charge in [-0.25, -0.2) is 5.01 Å². The molecule has 1 fully saturated rings. The number of fused-ring (bicyclic) bond motifs is 1. The Morgan fingerprint density at radius 1 is 1.12 bits per heavy atom. The second-order valence-electron chi connectivity index (χ2n) is 8.77. The molecule has 2 aromatic rings. The van der Waals surface area contributed by atoms with E-state index in [-0.39, 0.29) is 37.1 Å². The third-order valence-electron chi connectivity index (χ3n) is 6.59. The van der Waals surface area contributed by atoms with Crippen LogP contribution in [0.25, 0.3) is 0 Å². The van der Waals surface area contributed by atoms with Crippen LogP contribution in [0.4, 0.5) is 0 Å². The van der Waals surface area contributed by atoms with Gasteiger partial charge in [-0.15, -0.1) is 0 Å². The first-order valence-electron chi connectivity index (χ1n) is 11.3. The second-order valence-corrected chi connectivity index (χ2v) is 9.18. The summed E-state index contributed by atoms with van der Waals surface area (Å²) in [5.74, 6) is 1.17. The van der Waals surface area contributed by atoms with Crippen LogP contribution in [0, 0.1) is 5.92 Å². The third kappa shape index (κ3) is 4.29. The van der Waals surface area contributed by atoms with E-state index in [1.807, 2.05) is 42.5 Å². The van der Waals surface area contributed by atoms with Gasteiger partial charge in [0.1, 0.15) is 6.54 Å². The lowest BCUT2D eigenvalue weighted by Gasteiger charge is -2.26. The van der Waals surface area contributed by atoms with Crippen molar-refractivity contribution in [3.63, 3.8) is 0 Å². The van der Waals surface area contributed by atoms with Crippen LogP contribution in [-0.2, 0) is 9.59 Å². The molecule has 2 amide bonds. The molecule has 0 radical (unpaired) electrons.